The molecule has 1 saturated heterocycles. The first kappa shape index (κ1) is 48.1. The second-order valence-corrected chi connectivity index (χ2v) is 18.1. The van der Waals surface area contributed by atoms with Crippen molar-refractivity contribution in [1.82, 2.24) is 30.2 Å². The third-order valence-corrected chi connectivity index (χ3v) is 11.5. The van der Waals surface area contributed by atoms with E-state index in [0.29, 0.717) is 5.57 Å². The number of nitrogens with two attached hydrogens (primary N) is 1. The van der Waals surface area contributed by atoms with Crippen LogP contribution < -0.4 is 16.4 Å². The van der Waals surface area contributed by atoms with Crippen molar-refractivity contribution >= 4 is 75.1 Å². The second kappa shape index (κ2) is 20.2. The number of carbonyl (C=O) groups is 4. The number of ether oxygens (including phenoxy) is 1. The lowest BCUT2D eigenvalue weighted by atomic mass is 9.87. The number of carbonyl (C=O) groups excluding carboxylic acids is 3. The van der Waals surface area contributed by atoms with Gasteiger partial charge in [0.1, 0.15) is 36.3 Å². The van der Waals surface area contributed by atoms with Crippen LogP contribution in [0.2, 0.25) is 0 Å². The number of carboxylic acid groups (broad SMARTS) is 1. The quantitative estimate of drug-likeness (QED) is 0.0388. The maximum atomic E-state index is 12.7. The molecule has 2 amide bonds. The van der Waals surface area contributed by atoms with Gasteiger partial charge < -0.3 is 56.0 Å². The van der Waals surface area contributed by atoms with Gasteiger partial charge in [0.05, 0.1) is 26.0 Å². The number of carboxylic acids is 1. The number of hydrogen-bond donors (Lipinski definition) is 10. The summed E-state index contributed by atoms with van der Waals surface area (Å²) in [5.74, 6) is -2.48. The summed E-state index contributed by atoms with van der Waals surface area (Å²) >= 11 is 0.856. The molecule has 26 nitrogen and oxygen atoms in total. The smallest absolute Gasteiger partial charge is 0.481 e. The van der Waals surface area contributed by atoms with Crippen LogP contribution in [0.1, 0.15) is 39.8 Å². The molecule has 3 rings (SSSR count). The first-order valence-electron chi connectivity index (χ1n) is 16.3. The van der Waals surface area contributed by atoms with Crippen LogP contribution in [0.15, 0.2) is 24.3 Å². The van der Waals surface area contributed by atoms with Crippen molar-refractivity contribution in [2.45, 2.75) is 64.3 Å². The van der Waals surface area contributed by atoms with E-state index in [0.717, 1.165) is 29.0 Å². The normalized spacial score (nSPS) is 21.7. The highest BCUT2D eigenvalue weighted by Gasteiger charge is 2.50. The van der Waals surface area contributed by atoms with E-state index in [1.54, 1.807) is 0 Å². The fourth-order valence-corrected chi connectivity index (χ4v) is 8.33. The maximum Gasteiger partial charge on any atom is 0.481 e. The number of phosphoric ester groups is 3. The Kier molecular flexibility index (Phi) is 17.0. The highest BCUT2D eigenvalue weighted by molar-refractivity contribution is 8.14. The standard InChI is InChI=1S/C27H42N7O19P3S/c1-14(8-17(36)37)9-18(38)57-7-6-29-16(35)4-5-30-25(41)22(40)27(2,3)11-50-56(47,48)53-55(45,46)49-10-15-21(52-54(42,43)44)20(39)26(51-15)34-13-33-19-23(28)31-12-32-24(19)34/h9,12-13,15,20-22,26,39-40H,4-8,10-11H2,1-3H3,(H,29,35)(H,30,41)(H,36,37)(H,45,46)(H,47,48)(H2,28,31,32)(H2,42,43,44)/b14-9+/t15-,20-,21-,22?,26-/m1/s1. The molecule has 320 valence electrons. The van der Waals surface area contributed by atoms with Gasteiger partial charge in [-0.25, -0.2) is 28.6 Å². The van der Waals surface area contributed by atoms with Crippen LogP contribution >= 0.6 is 35.2 Å². The molecule has 0 saturated carbocycles. The van der Waals surface area contributed by atoms with Crippen molar-refractivity contribution < 1.29 is 90.4 Å². The van der Waals surface area contributed by atoms with Crippen LogP contribution in [0.5, 0.6) is 0 Å². The van der Waals surface area contributed by atoms with Gasteiger partial charge in [0, 0.05) is 30.7 Å². The number of aliphatic carboxylic acids is 1. The molecule has 1 aliphatic heterocycles. The zero-order valence-corrected chi connectivity index (χ0v) is 33.7. The van der Waals surface area contributed by atoms with Crippen molar-refractivity contribution in [2.24, 2.45) is 5.41 Å². The van der Waals surface area contributed by atoms with Crippen LogP contribution in [-0.2, 0) is 55.5 Å². The summed E-state index contributed by atoms with van der Waals surface area (Å²) in [6.45, 7) is 1.70. The van der Waals surface area contributed by atoms with Gasteiger partial charge >= 0.3 is 29.4 Å². The highest BCUT2D eigenvalue weighted by Crippen LogP contribution is 2.61. The third-order valence-electron chi connectivity index (χ3n) is 7.54. The molecular weight excluding hydrogens is 851 g/mol. The second-order valence-electron chi connectivity index (χ2n) is 12.8. The number of imidazole rings is 1. The minimum Gasteiger partial charge on any atom is -0.481 e. The Bertz CT molecular complexity index is 1960. The minimum absolute atomic E-state index is 0.0193. The van der Waals surface area contributed by atoms with Gasteiger partial charge in [-0.2, -0.15) is 4.31 Å². The lowest BCUT2D eigenvalue weighted by Gasteiger charge is -2.30. The van der Waals surface area contributed by atoms with Gasteiger partial charge in [-0.15, -0.1) is 0 Å². The van der Waals surface area contributed by atoms with Crippen LogP contribution in [-0.4, -0.2) is 134 Å². The predicted octanol–water partition coefficient (Wildman–Crippen LogP) is -0.914. The number of thioether (sulfide) groups is 1. The molecule has 3 heterocycles. The molecule has 0 spiro atoms. The first-order valence-corrected chi connectivity index (χ1v) is 21.8. The SMILES string of the molecule is C/C(=C\C(=O)SCCNC(=O)CCNC(=O)C(O)C(C)(C)COP(=O)(O)OP(=O)(O)OC[C@H]1O[C@@H](n2cnc3c(N)ncnc32)[C@H](O)[C@@H]1OP(=O)(O)O)CC(=O)O. The van der Waals surface area contributed by atoms with Crippen molar-refractivity contribution in [3.05, 3.63) is 24.3 Å². The van der Waals surface area contributed by atoms with E-state index in [4.69, 9.17) is 24.6 Å². The van der Waals surface area contributed by atoms with E-state index in [9.17, 15) is 62.7 Å². The zero-order chi connectivity index (χ0) is 42.9. The molecule has 11 N–H and O–H groups in total. The summed E-state index contributed by atoms with van der Waals surface area (Å²) in [5.41, 5.74) is 4.56. The molecule has 7 atom stereocenters. The summed E-state index contributed by atoms with van der Waals surface area (Å²) in [7, 11) is -16.4. The Morgan fingerprint density at radius 2 is 1.74 bits per heavy atom. The van der Waals surface area contributed by atoms with Gasteiger partial charge in [0.25, 0.3) is 0 Å². The fraction of sp³-hybridized carbons (Fsp3) is 0.593. The summed E-state index contributed by atoms with van der Waals surface area (Å²) in [4.78, 5) is 98.0. The van der Waals surface area contributed by atoms with E-state index < -0.39 is 90.5 Å². The molecule has 0 aliphatic carbocycles. The number of anilines is 1. The summed E-state index contributed by atoms with van der Waals surface area (Å²) in [6.07, 6.45) is -6.20. The van der Waals surface area contributed by atoms with Gasteiger partial charge in [0.2, 0.25) is 16.9 Å². The molecule has 0 radical (unpaired) electrons. The highest BCUT2D eigenvalue weighted by atomic mass is 32.2. The number of nitrogen functional groups attached to an aromatic ring is 1. The number of rotatable bonds is 22. The largest absolute Gasteiger partial charge is 0.481 e. The summed E-state index contributed by atoms with van der Waals surface area (Å²) in [6, 6.07) is 0. The minimum atomic E-state index is -5.59. The number of fused-ring (bicyclic) bond motifs is 1. The Morgan fingerprint density at radius 3 is 2.39 bits per heavy atom. The number of nitrogens with zero attached hydrogens (tertiary/aromatic N) is 4. The molecule has 1 fully saturated rings. The van der Waals surface area contributed by atoms with Gasteiger partial charge in [-0.1, -0.05) is 31.2 Å². The molecule has 3 unspecified atom stereocenters. The predicted molar refractivity (Wildman–Crippen MR) is 193 cm³/mol. The lowest BCUT2D eigenvalue weighted by molar-refractivity contribution is -0.137. The number of aliphatic hydroxyl groups excluding tert-OH is 2. The molecule has 2 aromatic rings. The Labute approximate surface area is 327 Å². The average molecular weight is 894 g/mol. The molecule has 0 bridgehead atoms. The maximum absolute atomic E-state index is 12.7. The van der Waals surface area contributed by atoms with E-state index >= 15 is 0 Å². The van der Waals surface area contributed by atoms with Crippen molar-refractivity contribution in [1.29, 1.82) is 0 Å². The Hall–Kier alpha value is -3.23. The average Bonchev–Trinajstić information content (AvgIpc) is 3.64. The lowest BCUT2D eigenvalue weighted by Crippen LogP contribution is -2.46. The van der Waals surface area contributed by atoms with Crippen LogP contribution in [0.3, 0.4) is 0 Å². The van der Waals surface area contributed by atoms with E-state index in [2.05, 4.69) is 34.4 Å². The van der Waals surface area contributed by atoms with Crippen LogP contribution in [0, 0.1) is 5.41 Å². The van der Waals surface area contributed by atoms with Crippen molar-refractivity contribution in [3.8, 4) is 0 Å². The van der Waals surface area contributed by atoms with Crippen LogP contribution in [0.25, 0.3) is 11.2 Å². The van der Waals surface area contributed by atoms with Crippen molar-refractivity contribution in [3.63, 3.8) is 0 Å². The zero-order valence-electron chi connectivity index (χ0n) is 30.2. The molecular formula is C27H42N7O19P3S. The number of amides is 2. The first-order chi connectivity index (χ1) is 26.3. The molecule has 2 aromatic heterocycles. The molecule has 57 heavy (non-hydrogen) atoms. The van der Waals surface area contributed by atoms with Crippen LogP contribution in [0.4, 0.5) is 5.82 Å². The van der Waals surface area contributed by atoms with E-state index in [-0.39, 0.29) is 53.8 Å². The number of phosphoric acid groups is 3. The third kappa shape index (κ3) is 15.1. The van der Waals surface area contributed by atoms with Gasteiger partial charge in [-0.05, 0) is 13.0 Å². The molecule has 0 aromatic carbocycles. The van der Waals surface area contributed by atoms with Gasteiger partial charge in [-0.3, -0.25) is 37.3 Å². The molecule has 1 aliphatic rings. The van der Waals surface area contributed by atoms with Gasteiger partial charge in [0.15, 0.2) is 17.7 Å². The number of hydrogen-bond acceptors (Lipinski definition) is 19. The molecule has 30 heteroatoms. The number of aliphatic hydroxyl groups is 2. The monoisotopic (exact) mass is 893 g/mol. The number of nitrogens with one attached hydrogen (secondary N) is 2. The van der Waals surface area contributed by atoms with E-state index in [1.165, 1.54) is 26.8 Å². The number of aromatic nitrogens is 4. The fourth-order valence-electron chi connectivity index (χ4n) is 4.81. The topological polar surface area (TPSA) is 401 Å². The Morgan fingerprint density at radius 1 is 1.07 bits per heavy atom. The Balaban J connectivity index is 1.48. The summed E-state index contributed by atoms with van der Waals surface area (Å²) in [5, 5.41) is 34.6. The van der Waals surface area contributed by atoms with Crippen molar-refractivity contribution in [2.75, 3.05) is 37.8 Å². The summed E-state index contributed by atoms with van der Waals surface area (Å²) < 4.78 is 62.0. The van der Waals surface area contributed by atoms with E-state index in [1.807, 2.05) is 0 Å².